The highest BCUT2D eigenvalue weighted by Gasteiger charge is 2.19. The number of pyridine rings is 1. The molecular weight excluding hydrogens is 336 g/mol. The molecule has 0 radical (unpaired) electrons. The quantitative estimate of drug-likeness (QED) is 0.754. The van der Waals surface area contributed by atoms with Gasteiger partial charge in [-0.15, -0.1) is 0 Å². The van der Waals surface area contributed by atoms with Gasteiger partial charge in [0, 0.05) is 36.6 Å². The monoisotopic (exact) mass is 358 g/mol. The number of aryl methyl sites for hydroxylation is 1. The van der Waals surface area contributed by atoms with E-state index in [4.69, 9.17) is 10.5 Å². The van der Waals surface area contributed by atoms with E-state index in [1.165, 1.54) is 0 Å². The minimum Gasteiger partial charge on any atom is -0.497 e. The van der Waals surface area contributed by atoms with Crippen molar-refractivity contribution in [3.05, 3.63) is 59.8 Å². The third-order valence-corrected chi connectivity index (χ3v) is 4.57. The van der Waals surface area contributed by atoms with E-state index in [0.717, 1.165) is 39.4 Å². The van der Waals surface area contributed by atoms with E-state index in [-0.39, 0.29) is 5.82 Å². The Morgan fingerprint density at radius 3 is 2.04 bits per heavy atom. The van der Waals surface area contributed by atoms with Gasteiger partial charge in [0.2, 0.25) is 0 Å². The van der Waals surface area contributed by atoms with Crippen LogP contribution in [-0.2, 0) is 0 Å². The van der Waals surface area contributed by atoms with Gasteiger partial charge in [-0.05, 0) is 42.3 Å². The van der Waals surface area contributed by atoms with Gasteiger partial charge in [-0.25, -0.2) is 4.98 Å². The molecule has 0 saturated carbocycles. The van der Waals surface area contributed by atoms with Crippen molar-refractivity contribution >= 4 is 11.5 Å². The summed E-state index contributed by atoms with van der Waals surface area (Å²) in [6.07, 6.45) is 0. The highest BCUT2D eigenvalue weighted by molar-refractivity contribution is 5.91. The van der Waals surface area contributed by atoms with Crippen LogP contribution in [0.3, 0.4) is 0 Å². The molecule has 0 bridgehead atoms. The van der Waals surface area contributed by atoms with E-state index in [9.17, 15) is 5.26 Å². The normalized spacial score (nSPS) is 10.3. The molecule has 0 aliphatic heterocycles. The first kappa shape index (κ1) is 18.3. The van der Waals surface area contributed by atoms with E-state index in [0.29, 0.717) is 5.56 Å². The maximum atomic E-state index is 9.75. The number of nitriles is 1. The van der Waals surface area contributed by atoms with Gasteiger partial charge in [-0.1, -0.05) is 24.3 Å². The summed E-state index contributed by atoms with van der Waals surface area (Å²) in [6, 6.07) is 18.1. The van der Waals surface area contributed by atoms with Crippen LogP contribution in [0.15, 0.2) is 48.5 Å². The fourth-order valence-electron chi connectivity index (χ4n) is 3.17. The molecule has 5 nitrogen and oxygen atoms in total. The predicted molar refractivity (Wildman–Crippen MR) is 110 cm³/mol. The average molecular weight is 358 g/mol. The Bertz CT molecular complexity index is 1000. The maximum Gasteiger partial charge on any atom is 0.142 e. The third-order valence-electron chi connectivity index (χ3n) is 4.57. The van der Waals surface area contributed by atoms with Crippen molar-refractivity contribution in [3.63, 3.8) is 0 Å². The first-order valence-electron chi connectivity index (χ1n) is 8.58. The van der Waals surface area contributed by atoms with Crippen molar-refractivity contribution in [3.8, 4) is 34.1 Å². The number of benzene rings is 2. The molecule has 3 aromatic rings. The van der Waals surface area contributed by atoms with Gasteiger partial charge in [-0.3, -0.25) is 0 Å². The Balaban J connectivity index is 2.28. The molecule has 5 heteroatoms. The zero-order valence-electron chi connectivity index (χ0n) is 15.9. The summed E-state index contributed by atoms with van der Waals surface area (Å²) in [4.78, 5) is 6.44. The number of hydrogen-bond acceptors (Lipinski definition) is 5. The van der Waals surface area contributed by atoms with Crippen LogP contribution in [0.5, 0.6) is 5.75 Å². The minimum absolute atomic E-state index is 0.249. The summed E-state index contributed by atoms with van der Waals surface area (Å²) in [5, 5.41) is 9.75. The lowest BCUT2D eigenvalue weighted by atomic mass is 9.90. The summed E-state index contributed by atoms with van der Waals surface area (Å²) in [7, 11) is 5.62. The van der Waals surface area contributed by atoms with Crippen LogP contribution in [-0.4, -0.2) is 26.2 Å². The first-order valence-corrected chi connectivity index (χ1v) is 8.58. The lowest BCUT2D eigenvalue weighted by molar-refractivity contribution is 0.415. The van der Waals surface area contributed by atoms with Crippen molar-refractivity contribution < 1.29 is 4.74 Å². The van der Waals surface area contributed by atoms with Gasteiger partial charge in [-0.2, -0.15) is 5.26 Å². The second-order valence-electron chi connectivity index (χ2n) is 6.49. The van der Waals surface area contributed by atoms with Crippen LogP contribution < -0.4 is 15.4 Å². The van der Waals surface area contributed by atoms with E-state index in [1.807, 2.05) is 74.4 Å². The fourth-order valence-corrected chi connectivity index (χ4v) is 3.17. The first-order chi connectivity index (χ1) is 13.0. The number of nitrogens with two attached hydrogens (primary N) is 1. The second-order valence-corrected chi connectivity index (χ2v) is 6.49. The summed E-state index contributed by atoms with van der Waals surface area (Å²) >= 11 is 0. The predicted octanol–water partition coefficient (Wildman–Crippen LogP) is 4.25. The molecule has 3 rings (SSSR count). The molecule has 0 saturated heterocycles. The van der Waals surface area contributed by atoms with E-state index >= 15 is 0 Å². The molecule has 0 aliphatic rings. The Kier molecular flexibility index (Phi) is 5.00. The lowest BCUT2D eigenvalue weighted by Gasteiger charge is -2.18. The highest BCUT2D eigenvalue weighted by atomic mass is 16.5. The molecular formula is C22H22N4O. The van der Waals surface area contributed by atoms with Gasteiger partial charge in [0.05, 0.1) is 7.11 Å². The standard InChI is InChI=1S/C22H22N4O/c1-14-20(15-7-11-18(27-4)12-8-15)21(19(13-23)22(24)25-14)16-5-9-17(10-6-16)26(2)3/h5-12H,1-4H3,(H2,24,25). The van der Waals surface area contributed by atoms with Crippen LogP contribution in [0.2, 0.25) is 0 Å². The number of anilines is 2. The van der Waals surface area contributed by atoms with Crippen molar-refractivity contribution in [2.45, 2.75) is 6.92 Å². The molecule has 0 atom stereocenters. The van der Waals surface area contributed by atoms with Crippen LogP contribution in [0, 0.1) is 18.3 Å². The van der Waals surface area contributed by atoms with Gasteiger partial charge < -0.3 is 15.4 Å². The number of methoxy groups -OCH3 is 1. The minimum atomic E-state index is 0.249. The number of aromatic nitrogens is 1. The molecule has 0 unspecified atom stereocenters. The van der Waals surface area contributed by atoms with Crippen molar-refractivity contribution in [2.75, 3.05) is 31.8 Å². The lowest BCUT2D eigenvalue weighted by Crippen LogP contribution is -2.08. The van der Waals surface area contributed by atoms with Crippen LogP contribution in [0.4, 0.5) is 11.5 Å². The number of nitrogens with zero attached hydrogens (tertiary/aromatic N) is 3. The summed E-state index contributed by atoms with van der Waals surface area (Å²) in [5.41, 5.74) is 11.9. The molecule has 1 heterocycles. The third kappa shape index (κ3) is 3.42. The molecule has 2 aromatic carbocycles. The van der Waals surface area contributed by atoms with Crippen LogP contribution >= 0.6 is 0 Å². The fraction of sp³-hybridized carbons (Fsp3) is 0.182. The van der Waals surface area contributed by atoms with Gasteiger partial charge in [0.25, 0.3) is 0 Å². The van der Waals surface area contributed by atoms with Crippen LogP contribution in [0.25, 0.3) is 22.3 Å². The van der Waals surface area contributed by atoms with Gasteiger partial charge in [0.1, 0.15) is 23.2 Å². The number of hydrogen-bond donors (Lipinski definition) is 1. The van der Waals surface area contributed by atoms with Crippen molar-refractivity contribution in [1.29, 1.82) is 5.26 Å². The van der Waals surface area contributed by atoms with Crippen molar-refractivity contribution in [2.24, 2.45) is 0 Å². The topological polar surface area (TPSA) is 75.2 Å². The average Bonchev–Trinajstić information content (AvgIpc) is 2.67. The molecule has 0 spiro atoms. The molecule has 0 fully saturated rings. The summed E-state index contributed by atoms with van der Waals surface area (Å²) in [5.74, 6) is 1.02. The van der Waals surface area contributed by atoms with Gasteiger partial charge >= 0.3 is 0 Å². The van der Waals surface area contributed by atoms with E-state index in [1.54, 1.807) is 7.11 Å². The Hall–Kier alpha value is -3.52. The number of nitrogen functional groups attached to an aromatic ring is 1. The maximum absolute atomic E-state index is 9.75. The smallest absolute Gasteiger partial charge is 0.142 e. The summed E-state index contributed by atoms with van der Waals surface area (Å²) in [6.45, 7) is 1.91. The zero-order chi connectivity index (χ0) is 19.6. The largest absolute Gasteiger partial charge is 0.497 e. The molecule has 1 aromatic heterocycles. The van der Waals surface area contributed by atoms with Crippen molar-refractivity contribution in [1.82, 2.24) is 4.98 Å². The molecule has 0 aliphatic carbocycles. The Morgan fingerprint density at radius 2 is 1.52 bits per heavy atom. The summed E-state index contributed by atoms with van der Waals surface area (Å²) < 4.78 is 5.26. The SMILES string of the molecule is COc1ccc(-c2c(C)nc(N)c(C#N)c2-c2ccc(N(C)C)cc2)cc1. The molecule has 27 heavy (non-hydrogen) atoms. The Labute approximate surface area is 159 Å². The van der Waals surface area contributed by atoms with Crippen LogP contribution in [0.1, 0.15) is 11.3 Å². The highest BCUT2D eigenvalue weighted by Crippen LogP contribution is 2.39. The van der Waals surface area contributed by atoms with E-state index < -0.39 is 0 Å². The zero-order valence-corrected chi connectivity index (χ0v) is 15.9. The second kappa shape index (κ2) is 7.38. The number of rotatable bonds is 4. The molecule has 2 N–H and O–H groups in total. The van der Waals surface area contributed by atoms with Gasteiger partial charge in [0.15, 0.2) is 0 Å². The molecule has 0 amide bonds. The number of ether oxygens (including phenoxy) is 1. The molecule has 136 valence electrons. The Morgan fingerprint density at radius 1 is 0.963 bits per heavy atom. The van der Waals surface area contributed by atoms with E-state index in [2.05, 4.69) is 11.1 Å².